The molecular formula is C28H22N4O4. The van der Waals surface area contributed by atoms with E-state index < -0.39 is 0 Å². The fourth-order valence-corrected chi connectivity index (χ4v) is 4.07. The van der Waals surface area contributed by atoms with Crippen molar-refractivity contribution in [3.63, 3.8) is 0 Å². The maximum absolute atomic E-state index is 12.7. The van der Waals surface area contributed by atoms with Gasteiger partial charge in [-0.05, 0) is 36.4 Å². The molecule has 0 unspecified atom stereocenters. The van der Waals surface area contributed by atoms with Gasteiger partial charge in [-0.15, -0.1) is 0 Å². The number of hydrogen-bond donors (Lipinski definition) is 1. The first-order valence-electron chi connectivity index (χ1n) is 11.2. The van der Waals surface area contributed by atoms with E-state index in [0.717, 1.165) is 32.5 Å². The third-order valence-corrected chi connectivity index (χ3v) is 5.72. The molecule has 178 valence electrons. The predicted molar refractivity (Wildman–Crippen MR) is 137 cm³/mol. The van der Waals surface area contributed by atoms with Crippen LogP contribution in [0.15, 0.2) is 91.3 Å². The summed E-state index contributed by atoms with van der Waals surface area (Å²) in [6, 6.07) is 24.2. The molecule has 0 spiro atoms. The molecule has 0 saturated carbocycles. The van der Waals surface area contributed by atoms with Crippen LogP contribution >= 0.6 is 0 Å². The number of benzene rings is 3. The first kappa shape index (κ1) is 22.9. The largest absolute Gasteiger partial charge is 0.496 e. The smallest absolute Gasteiger partial charge is 0.269 e. The molecule has 0 saturated heterocycles. The Bertz CT molecular complexity index is 1600. The van der Waals surface area contributed by atoms with Crippen LogP contribution < -0.4 is 20.0 Å². The molecule has 0 bridgehead atoms. The quantitative estimate of drug-likeness (QED) is 0.293. The lowest BCUT2D eigenvalue weighted by Gasteiger charge is -2.14. The van der Waals surface area contributed by atoms with Crippen molar-refractivity contribution in [3.8, 4) is 11.5 Å². The number of methoxy groups -OCH3 is 1. The van der Waals surface area contributed by atoms with E-state index in [0.29, 0.717) is 22.6 Å². The number of carbonyl (C=O) groups is 2. The van der Waals surface area contributed by atoms with Crippen LogP contribution in [0.1, 0.15) is 20.7 Å². The number of pyridine rings is 2. The molecule has 1 aliphatic rings. The molecule has 0 fully saturated rings. The first-order valence-corrected chi connectivity index (χ1v) is 11.2. The average Bonchev–Trinajstić information content (AvgIpc) is 3.18. The lowest BCUT2D eigenvalue weighted by atomic mass is 10.1. The number of rotatable bonds is 4. The molecule has 36 heavy (non-hydrogen) atoms. The highest BCUT2D eigenvalue weighted by Crippen LogP contribution is 2.34. The topological polar surface area (TPSA) is 93.7 Å². The summed E-state index contributed by atoms with van der Waals surface area (Å²) in [6.45, 7) is 0. The monoisotopic (exact) mass is 478 g/mol. The van der Waals surface area contributed by atoms with Crippen LogP contribution in [0.25, 0.3) is 21.8 Å². The molecule has 5 aromatic rings. The first-order chi connectivity index (χ1) is 17.6. The molecular weight excluding hydrogens is 456 g/mol. The van der Waals surface area contributed by atoms with E-state index in [2.05, 4.69) is 15.4 Å². The Morgan fingerprint density at radius 3 is 2.14 bits per heavy atom. The maximum atomic E-state index is 12.7. The van der Waals surface area contributed by atoms with Gasteiger partial charge in [0.25, 0.3) is 11.8 Å². The van der Waals surface area contributed by atoms with Gasteiger partial charge in [-0.1, -0.05) is 42.5 Å². The van der Waals surface area contributed by atoms with Crippen LogP contribution in [0.4, 0.5) is 5.69 Å². The molecule has 3 heterocycles. The van der Waals surface area contributed by atoms with E-state index in [1.54, 1.807) is 37.5 Å². The molecule has 8 nitrogen and oxygen atoms in total. The predicted octanol–water partition coefficient (Wildman–Crippen LogP) is 4.79. The molecule has 8 heteroatoms. The highest BCUT2D eigenvalue weighted by atomic mass is 16.6. The molecule has 0 atom stereocenters. The van der Waals surface area contributed by atoms with Crippen molar-refractivity contribution in [2.45, 2.75) is 0 Å². The van der Waals surface area contributed by atoms with Crippen LogP contribution in [-0.4, -0.2) is 35.9 Å². The average molecular weight is 479 g/mol. The summed E-state index contributed by atoms with van der Waals surface area (Å²) in [6.07, 6.45) is 3.23. The molecule has 6 rings (SSSR count). The number of fused-ring (bicyclic) bond motifs is 3. The van der Waals surface area contributed by atoms with Crippen LogP contribution in [0.5, 0.6) is 11.5 Å². The zero-order valence-corrected chi connectivity index (χ0v) is 19.6. The number of anilines is 1. The van der Waals surface area contributed by atoms with Gasteiger partial charge in [0.2, 0.25) is 0 Å². The van der Waals surface area contributed by atoms with E-state index in [9.17, 15) is 9.59 Å². The van der Waals surface area contributed by atoms with Crippen molar-refractivity contribution in [3.05, 3.63) is 102 Å². The van der Waals surface area contributed by atoms with Crippen molar-refractivity contribution in [2.24, 2.45) is 0 Å². The Morgan fingerprint density at radius 2 is 1.44 bits per heavy atom. The number of carbonyl (C=O) groups excluding carboxylic acids is 2. The second kappa shape index (κ2) is 9.81. The molecule has 2 aromatic heterocycles. The number of nitrogens with zero attached hydrogens (tertiary/aromatic N) is 3. The number of hydroxylamine groups is 1. The summed E-state index contributed by atoms with van der Waals surface area (Å²) in [5, 5.41) is 1.95. The Hall–Kier alpha value is -4.82. The van der Waals surface area contributed by atoms with Crippen LogP contribution in [0, 0.1) is 0 Å². The van der Waals surface area contributed by atoms with Gasteiger partial charge in [-0.2, -0.15) is 5.48 Å². The number of ether oxygens (including phenoxy) is 1. The maximum Gasteiger partial charge on any atom is 0.269 e. The third-order valence-electron chi connectivity index (χ3n) is 5.72. The van der Waals surface area contributed by atoms with Crippen molar-refractivity contribution in [1.29, 1.82) is 0 Å². The fraction of sp³-hybridized carbons (Fsp3) is 0.0714. The van der Waals surface area contributed by atoms with Crippen molar-refractivity contribution >= 4 is 39.3 Å². The SMILES string of the molecule is CNOc1cnc2ccccc2c1.COc1cccc2c1C(=O)N(c1cnc3ccccc3c1)C2=O. The standard InChI is InChI=1S/C18H12N2O3.C10H10N2O/c1-23-15-8-4-6-13-16(15)18(22)20(17(13)21)12-9-11-5-2-3-7-14(11)19-10-12;1-11-13-9-6-8-4-2-3-5-10(8)12-7-9/h2-10H,1H3;2-7,11H,1H3. The van der Waals surface area contributed by atoms with Crippen molar-refractivity contribution < 1.29 is 19.2 Å². The highest BCUT2D eigenvalue weighted by molar-refractivity contribution is 6.35. The number of hydrogen-bond acceptors (Lipinski definition) is 7. The third kappa shape index (κ3) is 4.21. The minimum Gasteiger partial charge on any atom is -0.496 e. The van der Waals surface area contributed by atoms with Crippen molar-refractivity contribution in [1.82, 2.24) is 15.4 Å². The van der Waals surface area contributed by atoms with Gasteiger partial charge in [0.05, 0.1) is 47.4 Å². The van der Waals surface area contributed by atoms with Gasteiger partial charge in [0, 0.05) is 17.8 Å². The van der Waals surface area contributed by atoms with Gasteiger partial charge in [0.1, 0.15) is 5.75 Å². The molecule has 3 aromatic carbocycles. The van der Waals surface area contributed by atoms with Crippen molar-refractivity contribution in [2.75, 3.05) is 19.1 Å². The summed E-state index contributed by atoms with van der Waals surface area (Å²) in [4.78, 5) is 40.2. The minimum absolute atomic E-state index is 0.299. The fourth-order valence-electron chi connectivity index (χ4n) is 4.07. The summed E-state index contributed by atoms with van der Waals surface area (Å²) in [7, 11) is 3.20. The second-order valence-corrected chi connectivity index (χ2v) is 7.88. The van der Waals surface area contributed by atoms with Gasteiger partial charge in [-0.25, -0.2) is 4.90 Å². The van der Waals surface area contributed by atoms with E-state index >= 15 is 0 Å². The minimum atomic E-state index is -0.389. The zero-order valence-electron chi connectivity index (χ0n) is 19.6. The Balaban J connectivity index is 0.000000174. The molecule has 0 aliphatic carbocycles. The molecule has 1 N–H and O–H groups in total. The van der Waals surface area contributed by atoms with Crippen LogP contribution in [-0.2, 0) is 0 Å². The van der Waals surface area contributed by atoms with E-state index in [1.807, 2.05) is 54.6 Å². The van der Waals surface area contributed by atoms with E-state index in [4.69, 9.17) is 9.57 Å². The number of para-hydroxylation sites is 2. The van der Waals surface area contributed by atoms with Crippen LogP contribution in [0.3, 0.4) is 0 Å². The summed E-state index contributed by atoms with van der Waals surface area (Å²) in [5.41, 5.74) is 5.50. The molecule has 2 amide bonds. The molecule has 0 radical (unpaired) electrons. The number of amides is 2. The van der Waals surface area contributed by atoms with E-state index in [-0.39, 0.29) is 11.8 Å². The van der Waals surface area contributed by atoms with Crippen LogP contribution in [0.2, 0.25) is 0 Å². The number of imide groups is 1. The van der Waals surface area contributed by atoms with Gasteiger partial charge >= 0.3 is 0 Å². The van der Waals surface area contributed by atoms with Gasteiger partial charge < -0.3 is 9.57 Å². The van der Waals surface area contributed by atoms with E-state index in [1.165, 1.54) is 13.3 Å². The lowest BCUT2D eigenvalue weighted by Crippen LogP contribution is -2.29. The Kier molecular flexibility index (Phi) is 6.25. The Labute approximate surface area is 207 Å². The summed E-state index contributed by atoms with van der Waals surface area (Å²) < 4.78 is 5.21. The summed E-state index contributed by atoms with van der Waals surface area (Å²) in [5.74, 6) is 0.374. The van der Waals surface area contributed by atoms with Gasteiger partial charge in [0.15, 0.2) is 5.75 Å². The summed E-state index contributed by atoms with van der Waals surface area (Å²) >= 11 is 0. The highest BCUT2D eigenvalue weighted by Gasteiger charge is 2.39. The normalized spacial score (nSPS) is 12.3. The zero-order chi connectivity index (χ0) is 25.1. The number of nitrogens with one attached hydrogen (secondary N) is 1. The van der Waals surface area contributed by atoms with Gasteiger partial charge in [-0.3, -0.25) is 19.6 Å². The molecule has 1 aliphatic heterocycles. The number of aromatic nitrogens is 2. The second-order valence-electron chi connectivity index (χ2n) is 7.88. The lowest BCUT2D eigenvalue weighted by molar-refractivity contribution is 0.0925. The Morgan fingerprint density at radius 1 is 0.778 bits per heavy atom.